The maximum Gasteiger partial charge on any atom is 0.411 e. The Morgan fingerprint density at radius 2 is 1.81 bits per heavy atom. The minimum absolute atomic E-state index is 0.0671. The van der Waals surface area contributed by atoms with Crippen molar-refractivity contribution in [2.75, 3.05) is 31.9 Å². The van der Waals surface area contributed by atoms with E-state index in [0.29, 0.717) is 39.5 Å². The molecule has 0 heterocycles. The zero-order chi connectivity index (χ0) is 26.1. The number of methoxy groups -OCH3 is 2. The number of nitrogens with zero attached hydrogens (tertiary/aromatic N) is 1. The first kappa shape index (κ1) is 26.5. The molecule has 1 fully saturated rings. The van der Waals surface area contributed by atoms with E-state index >= 15 is 0 Å². The van der Waals surface area contributed by atoms with Gasteiger partial charge in [0.05, 0.1) is 25.5 Å². The minimum Gasteiger partial charge on any atom is -0.496 e. The van der Waals surface area contributed by atoms with Crippen LogP contribution in [-0.4, -0.2) is 51.1 Å². The number of oxime groups is 1. The lowest BCUT2D eigenvalue weighted by Gasteiger charge is -2.16. The van der Waals surface area contributed by atoms with Crippen molar-refractivity contribution in [3.8, 4) is 5.75 Å². The molecule has 10 nitrogen and oxygen atoms in total. The number of benzene rings is 2. The first-order valence-corrected chi connectivity index (χ1v) is 11.6. The second-order valence-electron chi connectivity index (χ2n) is 8.26. The molecule has 2 N–H and O–H groups in total. The summed E-state index contributed by atoms with van der Waals surface area (Å²) in [5.74, 6) is -0.635. The third-order valence-corrected chi connectivity index (χ3v) is 5.77. The molecule has 1 aliphatic rings. The van der Waals surface area contributed by atoms with Gasteiger partial charge in [-0.2, -0.15) is 0 Å². The Kier molecular flexibility index (Phi) is 9.26. The van der Waals surface area contributed by atoms with Crippen molar-refractivity contribution in [1.29, 1.82) is 0 Å². The zero-order valence-electron chi connectivity index (χ0n) is 20.9. The Hall–Kier alpha value is -4.08. The lowest BCUT2D eigenvalue weighted by atomic mass is 9.98. The number of carbonyl (C=O) groups is 3. The van der Waals surface area contributed by atoms with Crippen LogP contribution >= 0.6 is 0 Å². The van der Waals surface area contributed by atoms with Gasteiger partial charge in [0.1, 0.15) is 11.9 Å². The largest absolute Gasteiger partial charge is 0.496 e. The normalized spacial score (nSPS) is 13.6. The van der Waals surface area contributed by atoms with Gasteiger partial charge in [0.15, 0.2) is 0 Å². The van der Waals surface area contributed by atoms with Gasteiger partial charge in [-0.15, -0.1) is 0 Å². The van der Waals surface area contributed by atoms with Crippen LogP contribution in [0.2, 0.25) is 0 Å². The second-order valence-corrected chi connectivity index (χ2v) is 8.26. The van der Waals surface area contributed by atoms with Crippen LogP contribution in [-0.2, 0) is 25.5 Å². The first-order chi connectivity index (χ1) is 17.3. The Bertz CT molecular complexity index is 1140. The summed E-state index contributed by atoms with van der Waals surface area (Å²) in [4.78, 5) is 40.9. The molecule has 0 saturated heterocycles. The number of rotatable bonds is 9. The number of carbonyl (C=O) groups excluding carboxylic acids is 3. The molecule has 1 saturated carbocycles. The maximum absolute atomic E-state index is 12.4. The standard InChI is InChI=1S/C26H31N3O7/c1-16(30)36-29-23(13-17-9-10-18(25(31)34-4)14-24(17)33-3)21-15-19(11-12-22(21)27-2)28-26(32)35-20-7-5-6-8-20/h9-12,14-15,20,27H,5-8,13H2,1-4H3,(H,28,32)/b29-23+. The van der Waals surface area contributed by atoms with E-state index in [4.69, 9.17) is 19.0 Å². The van der Waals surface area contributed by atoms with E-state index < -0.39 is 18.0 Å². The van der Waals surface area contributed by atoms with E-state index in [1.54, 1.807) is 43.4 Å². The van der Waals surface area contributed by atoms with Crippen LogP contribution in [0.5, 0.6) is 5.75 Å². The van der Waals surface area contributed by atoms with Crippen molar-refractivity contribution in [3.63, 3.8) is 0 Å². The monoisotopic (exact) mass is 497 g/mol. The summed E-state index contributed by atoms with van der Waals surface area (Å²) < 4.78 is 15.8. The summed E-state index contributed by atoms with van der Waals surface area (Å²) in [7, 11) is 4.54. The third kappa shape index (κ3) is 6.97. The Balaban J connectivity index is 1.93. The summed E-state index contributed by atoms with van der Waals surface area (Å²) in [5, 5.41) is 9.94. The highest BCUT2D eigenvalue weighted by molar-refractivity contribution is 6.07. The fourth-order valence-corrected chi connectivity index (χ4v) is 4.00. The zero-order valence-corrected chi connectivity index (χ0v) is 20.9. The topological polar surface area (TPSA) is 125 Å². The number of hydrogen-bond donors (Lipinski definition) is 2. The minimum atomic E-state index is -0.582. The predicted octanol–water partition coefficient (Wildman–Crippen LogP) is 4.52. The lowest BCUT2D eigenvalue weighted by molar-refractivity contribution is -0.140. The van der Waals surface area contributed by atoms with Gasteiger partial charge in [-0.3, -0.25) is 5.32 Å². The van der Waals surface area contributed by atoms with Crippen molar-refractivity contribution in [1.82, 2.24) is 0 Å². The van der Waals surface area contributed by atoms with Gasteiger partial charge in [0.2, 0.25) is 0 Å². The molecule has 2 aromatic rings. The molecule has 2 aromatic carbocycles. The first-order valence-electron chi connectivity index (χ1n) is 11.6. The van der Waals surface area contributed by atoms with Gasteiger partial charge < -0.3 is 24.4 Å². The quantitative estimate of drug-likeness (QED) is 0.224. The molecule has 192 valence electrons. The van der Waals surface area contributed by atoms with Crippen molar-refractivity contribution >= 4 is 35.1 Å². The Morgan fingerprint density at radius 3 is 2.44 bits per heavy atom. The number of ether oxygens (including phenoxy) is 3. The molecule has 0 spiro atoms. The molecule has 0 atom stereocenters. The maximum atomic E-state index is 12.4. The molecular weight excluding hydrogens is 466 g/mol. The van der Waals surface area contributed by atoms with Crippen molar-refractivity contribution < 1.29 is 33.4 Å². The molecule has 1 aliphatic carbocycles. The summed E-state index contributed by atoms with van der Waals surface area (Å²) in [6, 6.07) is 10.1. The highest BCUT2D eigenvalue weighted by Crippen LogP contribution is 2.28. The van der Waals surface area contributed by atoms with Crippen molar-refractivity contribution in [3.05, 3.63) is 53.1 Å². The lowest BCUT2D eigenvalue weighted by Crippen LogP contribution is -2.20. The number of amides is 1. The van der Waals surface area contributed by atoms with Crippen molar-refractivity contribution in [2.24, 2.45) is 5.16 Å². The van der Waals surface area contributed by atoms with Gasteiger partial charge in [-0.05, 0) is 56.0 Å². The molecule has 0 unspecified atom stereocenters. The van der Waals surface area contributed by atoms with Gasteiger partial charge in [-0.1, -0.05) is 11.2 Å². The molecule has 10 heteroatoms. The van der Waals surface area contributed by atoms with E-state index in [0.717, 1.165) is 25.7 Å². The fraction of sp³-hybridized carbons (Fsp3) is 0.385. The third-order valence-electron chi connectivity index (χ3n) is 5.77. The fourth-order valence-electron chi connectivity index (χ4n) is 4.00. The van der Waals surface area contributed by atoms with E-state index in [2.05, 4.69) is 15.8 Å². The molecule has 0 radical (unpaired) electrons. The SMILES string of the molecule is CNc1ccc(NC(=O)OC2CCCC2)cc1/C(Cc1ccc(C(=O)OC)cc1OC)=N/OC(C)=O. The van der Waals surface area contributed by atoms with Gasteiger partial charge >= 0.3 is 18.0 Å². The number of esters is 1. The number of hydrogen-bond acceptors (Lipinski definition) is 9. The van der Waals surface area contributed by atoms with Gasteiger partial charge in [0.25, 0.3) is 0 Å². The van der Waals surface area contributed by atoms with Gasteiger partial charge in [-0.25, -0.2) is 14.4 Å². The molecule has 36 heavy (non-hydrogen) atoms. The summed E-state index contributed by atoms with van der Waals surface area (Å²) in [6.45, 7) is 1.25. The predicted molar refractivity (Wildman–Crippen MR) is 135 cm³/mol. The number of anilines is 2. The molecule has 0 bridgehead atoms. The highest BCUT2D eigenvalue weighted by Gasteiger charge is 2.21. The second kappa shape index (κ2) is 12.6. The van der Waals surface area contributed by atoms with E-state index in [9.17, 15) is 14.4 Å². The average Bonchev–Trinajstić information content (AvgIpc) is 3.38. The van der Waals surface area contributed by atoms with Crippen LogP contribution in [0.3, 0.4) is 0 Å². The van der Waals surface area contributed by atoms with E-state index in [1.165, 1.54) is 21.1 Å². The molecule has 0 aromatic heterocycles. The van der Waals surface area contributed by atoms with E-state index in [1.807, 2.05) is 0 Å². The highest BCUT2D eigenvalue weighted by atomic mass is 16.7. The molecule has 0 aliphatic heterocycles. The van der Waals surface area contributed by atoms with Crippen LogP contribution in [0.1, 0.15) is 54.1 Å². The Morgan fingerprint density at radius 1 is 1.06 bits per heavy atom. The van der Waals surface area contributed by atoms with Crippen LogP contribution in [0.4, 0.5) is 16.2 Å². The van der Waals surface area contributed by atoms with Crippen LogP contribution in [0.15, 0.2) is 41.6 Å². The Labute approximate surface area is 209 Å². The molecule has 3 rings (SSSR count). The molecule has 1 amide bonds. The van der Waals surface area contributed by atoms with Crippen LogP contribution in [0, 0.1) is 0 Å². The summed E-state index contributed by atoms with van der Waals surface area (Å²) >= 11 is 0. The van der Waals surface area contributed by atoms with E-state index in [-0.39, 0.29) is 12.5 Å². The molecular formula is C26H31N3O7. The van der Waals surface area contributed by atoms with Crippen LogP contribution in [0.25, 0.3) is 0 Å². The van der Waals surface area contributed by atoms with Gasteiger partial charge in [0, 0.05) is 42.9 Å². The summed E-state index contributed by atoms with van der Waals surface area (Å²) in [5.41, 5.74) is 3.20. The summed E-state index contributed by atoms with van der Waals surface area (Å²) in [6.07, 6.45) is 3.45. The number of nitrogens with one attached hydrogen (secondary N) is 2. The van der Waals surface area contributed by atoms with Crippen LogP contribution < -0.4 is 15.4 Å². The average molecular weight is 498 g/mol. The smallest absolute Gasteiger partial charge is 0.411 e. The van der Waals surface area contributed by atoms with Crippen molar-refractivity contribution in [2.45, 2.75) is 45.1 Å².